The molecule has 32 heavy (non-hydrogen) atoms. The largest absolute Gasteiger partial charge is 0.310 e. The van der Waals surface area contributed by atoms with Gasteiger partial charge in [0.2, 0.25) is 9.84 Å². The van der Waals surface area contributed by atoms with Gasteiger partial charge in [0.25, 0.3) is 5.91 Å². The number of benzene rings is 1. The molecule has 0 bridgehead atoms. The van der Waals surface area contributed by atoms with E-state index in [1.54, 1.807) is 30.6 Å². The molecule has 3 aromatic heterocycles. The standard InChI is InChI=1S/C22H20N6O3S/c1-15(2)28-14-24-27-21(28)19-9-4-10-20(25-19)26-22(29)16-6-3-7-17(12-16)32(30,31)18-8-5-11-23-13-18/h3-15H,1-2H3,(H,25,26,29). The first-order chi connectivity index (χ1) is 15.4. The van der Waals surface area contributed by atoms with Crippen molar-refractivity contribution in [1.29, 1.82) is 0 Å². The zero-order valence-electron chi connectivity index (χ0n) is 17.4. The van der Waals surface area contributed by atoms with Gasteiger partial charge in [-0.3, -0.25) is 9.78 Å². The predicted molar refractivity (Wildman–Crippen MR) is 118 cm³/mol. The van der Waals surface area contributed by atoms with E-state index < -0.39 is 15.7 Å². The second kappa shape index (κ2) is 8.67. The first-order valence-corrected chi connectivity index (χ1v) is 11.3. The fraction of sp³-hybridized carbons (Fsp3) is 0.136. The van der Waals surface area contributed by atoms with Gasteiger partial charge >= 0.3 is 0 Å². The Morgan fingerprint density at radius 2 is 1.81 bits per heavy atom. The van der Waals surface area contributed by atoms with E-state index in [0.29, 0.717) is 17.3 Å². The highest BCUT2D eigenvalue weighted by Gasteiger charge is 2.20. The zero-order valence-corrected chi connectivity index (χ0v) is 18.2. The van der Waals surface area contributed by atoms with Crippen LogP contribution in [0, 0.1) is 0 Å². The summed E-state index contributed by atoms with van der Waals surface area (Å²) in [6.07, 6.45) is 4.39. The first kappa shape index (κ1) is 21.3. The molecule has 4 aromatic rings. The molecule has 3 heterocycles. The van der Waals surface area contributed by atoms with Crippen LogP contribution in [0.3, 0.4) is 0 Å². The number of carbonyl (C=O) groups is 1. The van der Waals surface area contributed by atoms with Crippen LogP contribution >= 0.6 is 0 Å². The third-order valence-electron chi connectivity index (χ3n) is 4.70. The Labute approximate surface area is 185 Å². The number of carbonyl (C=O) groups excluding carboxylic acids is 1. The number of hydrogen-bond acceptors (Lipinski definition) is 7. The van der Waals surface area contributed by atoms with Crippen molar-refractivity contribution < 1.29 is 13.2 Å². The molecule has 0 aliphatic heterocycles. The molecule has 0 spiro atoms. The number of amides is 1. The van der Waals surface area contributed by atoms with Crippen LogP contribution < -0.4 is 5.32 Å². The number of hydrogen-bond donors (Lipinski definition) is 1. The number of rotatable bonds is 6. The highest BCUT2D eigenvalue weighted by molar-refractivity contribution is 7.91. The summed E-state index contributed by atoms with van der Waals surface area (Å²) in [6, 6.07) is 14.2. The van der Waals surface area contributed by atoms with E-state index in [1.807, 2.05) is 18.4 Å². The molecule has 1 N–H and O–H groups in total. The fourth-order valence-electron chi connectivity index (χ4n) is 3.07. The van der Waals surface area contributed by atoms with Crippen molar-refractivity contribution in [2.45, 2.75) is 29.7 Å². The number of pyridine rings is 2. The summed E-state index contributed by atoms with van der Waals surface area (Å²) in [5.74, 6) is 0.412. The molecule has 0 saturated carbocycles. The molecule has 0 radical (unpaired) electrons. The average molecular weight is 449 g/mol. The minimum atomic E-state index is -3.79. The Bertz CT molecular complexity index is 1370. The Hall–Kier alpha value is -3.92. The molecule has 0 atom stereocenters. The van der Waals surface area contributed by atoms with E-state index in [0.717, 1.165) is 0 Å². The molecular weight excluding hydrogens is 428 g/mol. The van der Waals surface area contributed by atoms with Gasteiger partial charge in [0, 0.05) is 24.0 Å². The maximum Gasteiger partial charge on any atom is 0.256 e. The summed E-state index contributed by atoms with van der Waals surface area (Å²) in [7, 11) is -3.79. The monoisotopic (exact) mass is 448 g/mol. The van der Waals surface area contributed by atoms with Gasteiger partial charge in [0.15, 0.2) is 5.82 Å². The van der Waals surface area contributed by atoms with Gasteiger partial charge in [0.1, 0.15) is 17.8 Å². The van der Waals surface area contributed by atoms with Crippen LogP contribution in [-0.2, 0) is 9.84 Å². The van der Waals surface area contributed by atoms with E-state index in [-0.39, 0.29) is 21.4 Å². The van der Waals surface area contributed by atoms with Crippen molar-refractivity contribution >= 4 is 21.6 Å². The fourth-order valence-corrected chi connectivity index (χ4v) is 4.34. The van der Waals surface area contributed by atoms with Crippen molar-refractivity contribution in [2.24, 2.45) is 0 Å². The van der Waals surface area contributed by atoms with E-state index in [4.69, 9.17) is 0 Å². The maximum atomic E-state index is 12.8. The molecular formula is C22H20N6O3S. The summed E-state index contributed by atoms with van der Waals surface area (Å²) in [6.45, 7) is 4.01. The molecule has 9 nitrogen and oxygen atoms in total. The summed E-state index contributed by atoms with van der Waals surface area (Å²) in [5, 5.41) is 10.8. The van der Waals surface area contributed by atoms with E-state index >= 15 is 0 Å². The van der Waals surface area contributed by atoms with Gasteiger partial charge in [-0.25, -0.2) is 13.4 Å². The van der Waals surface area contributed by atoms with Crippen LogP contribution in [-0.4, -0.2) is 39.1 Å². The minimum Gasteiger partial charge on any atom is -0.310 e. The Kier molecular flexibility index (Phi) is 5.78. The van der Waals surface area contributed by atoms with Crippen molar-refractivity contribution in [3.8, 4) is 11.5 Å². The molecule has 1 aromatic carbocycles. The van der Waals surface area contributed by atoms with Gasteiger partial charge in [0.05, 0.1) is 9.79 Å². The average Bonchev–Trinajstić information content (AvgIpc) is 3.30. The van der Waals surface area contributed by atoms with E-state index in [1.165, 1.54) is 42.7 Å². The number of anilines is 1. The summed E-state index contributed by atoms with van der Waals surface area (Å²) in [5.41, 5.74) is 0.745. The van der Waals surface area contributed by atoms with Gasteiger partial charge in [-0.15, -0.1) is 10.2 Å². The third-order valence-corrected chi connectivity index (χ3v) is 6.44. The maximum absolute atomic E-state index is 12.8. The lowest BCUT2D eigenvalue weighted by Gasteiger charge is -2.11. The highest BCUT2D eigenvalue weighted by Crippen LogP contribution is 2.22. The topological polar surface area (TPSA) is 120 Å². The quantitative estimate of drug-likeness (QED) is 0.480. The van der Waals surface area contributed by atoms with Crippen molar-refractivity contribution in [3.63, 3.8) is 0 Å². The van der Waals surface area contributed by atoms with Gasteiger partial charge in [-0.1, -0.05) is 12.1 Å². The predicted octanol–water partition coefficient (Wildman–Crippen LogP) is 3.40. The minimum absolute atomic E-state index is 0.00453. The van der Waals surface area contributed by atoms with Crippen LogP contribution in [0.25, 0.3) is 11.5 Å². The molecule has 0 saturated heterocycles. The van der Waals surface area contributed by atoms with Gasteiger partial charge in [-0.2, -0.15) is 0 Å². The molecule has 0 aliphatic rings. The number of nitrogens with zero attached hydrogens (tertiary/aromatic N) is 5. The summed E-state index contributed by atoms with van der Waals surface area (Å²) < 4.78 is 27.5. The number of sulfone groups is 1. The normalized spacial score (nSPS) is 11.5. The van der Waals surface area contributed by atoms with Crippen LogP contribution in [0.15, 0.2) is 83.1 Å². The van der Waals surface area contributed by atoms with E-state index in [9.17, 15) is 13.2 Å². The highest BCUT2D eigenvalue weighted by atomic mass is 32.2. The summed E-state index contributed by atoms with van der Waals surface area (Å²) >= 11 is 0. The molecule has 0 fully saturated rings. The lowest BCUT2D eigenvalue weighted by Crippen LogP contribution is -2.14. The number of nitrogens with one attached hydrogen (secondary N) is 1. The Morgan fingerprint density at radius 3 is 2.56 bits per heavy atom. The number of aromatic nitrogens is 5. The van der Waals surface area contributed by atoms with Gasteiger partial charge < -0.3 is 9.88 Å². The Balaban J connectivity index is 1.59. The zero-order chi connectivity index (χ0) is 22.7. The molecule has 1 amide bonds. The van der Waals surface area contributed by atoms with Crippen molar-refractivity contribution in [1.82, 2.24) is 24.7 Å². The molecule has 162 valence electrons. The van der Waals surface area contributed by atoms with Gasteiger partial charge in [-0.05, 0) is 56.3 Å². The summed E-state index contributed by atoms with van der Waals surface area (Å²) in [4.78, 5) is 21.2. The molecule has 10 heteroatoms. The van der Waals surface area contributed by atoms with Crippen LogP contribution in [0.5, 0.6) is 0 Å². The van der Waals surface area contributed by atoms with E-state index in [2.05, 4.69) is 25.5 Å². The first-order valence-electron chi connectivity index (χ1n) is 9.80. The molecule has 4 rings (SSSR count). The third kappa shape index (κ3) is 4.26. The smallest absolute Gasteiger partial charge is 0.256 e. The van der Waals surface area contributed by atoms with Crippen molar-refractivity contribution in [3.05, 3.63) is 78.9 Å². The second-order valence-corrected chi connectivity index (χ2v) is 9.19. The lowest BCUT2D eigenvalue weighted by molar-refractivity contribution is 0.102. The second-order valence-electron chi connectivity index (χ2n) is 7.24. The SMILES string of the molecule is CC(C)n1cnnc1-c1cccc(NC(=O)c2cccc(S(=O)(=O)c3cccnc3)c2)n1. The van der Waals surface area contributed by atoms with Crippen LogP contribution in [0.4, 0.5) is 5.82 Å². The molecule has 0 aliphatic carbocycles. The van der Waals surface area contributed by atoms with Crippen LogP contribution in [0.1, 0.15) is 30.2 Å². The van der Waals surface area contributed by atoms with Crippen molar-refractivity contribution in [2.75, 3.05) is 5.32 Å². The van der Waals surface area contributed by atoms with Crippen LogP contribution in [0.2, 0.25) is 0 Å². The lowest BCUT2D eigenvalue weighted by atomic mass is 10.2. The molecule has 0 unspecified atom stereocenters. The Morgan fingerprint density at radius 1 is 1.03 bits per heavy atom.